The SMILES string of the molecule is CC1CCC(OCCC(O)CN)CC1C. The van der Waals surface area contributed by atoms with Crippen LogP contribution in [-0.4, -0.2) is 30.5 Å². The highest BCUT2D eigenvalue weighted by Gasteiger charge is 2.24. The molecular weight excluding hydrogens is 190 g/mol. The number of hydrogen-bond acceptors (Lipinski definition) is 3. The highest BCUT2D eigenvalue weighted by atomic mass is 16.5. The molecule has 0 aliphatic heterocycles. The lowest BCUT2D eigenvalue weighted by Gasteiger charge is -2.32. The molecule has 1 saturated carbocycles. The van der Waals surface area contributed by atoms with Gasteiger partial charge in [-0.05, 0) is 37.5 Å². The van der Waals surface area contributed by atoms with Gasteiger partial charge in [-0.15, -0.1) is 0 Å². The summed E-state index contributed by atoms with van der Waals surface area (Å²) in [7, 11) is 0. The molecule has 0 aromatic heterocycles. The number of hydrogen-bond donors (Lipinski definition) is 2. The lowest BCUT2D eigenvalue weighted by atomic mass is 9.80. The van der Waals surface area contributed by atoms with Gasteiger partial charge >= 0.3 is 0 Å². The topological polar surface area (TPSA) is 55.5 Å². The standard InChI is InChI=1S/C12H25NO2/c1-9-3-4-12(7-10(9)2)15-6-5-11(14)8-13/h9-12,14H,3-8,13H2,1-2H3. The third kappa shape index (κ3) is 4.49. The van der Waals surface area contributed by atoms with E-state index >= 15 is 0 Å². The number of rotatable bonds is 5. The van der Waals surface area contributed by atoms with E-state index < -0.39 is 6.10 Å². The van der Waals surface area contributed by atoms with E-state index in [1.807, 2.05) is 0 Å². The van der Waals surface area contributed by atoms with Gasteiger partial charge in [0.2, 0.25) is 0 Å². The average molecular weight is 215 g/mol. The molecule has 1 fully saturated rings. The molecule has 0 radical (unpaired) electrons. The maximum absolute atomic E-state index is 9.28. The van der Waals surface area contributed by atoms with Crippen molar-refractivity contribution in [3.63, 3.8) is 0 Å². The molecule has 0 amide bonds. The summed E-state index contributed by atoms with van der Waals surface area (Å²) >= 11 is 0. The summed E-state index contributed by atoms with van der Waals surface area (Å²) in [6, 6.07) is 0. The Morgan fingerprint density at radius 1 is 1.33 bits per heavy atom. The van der Waals surface area contributed by atoms with Gasteiger partial charge in [0.05, 0.1) is 12.2 Å². The first-order valence-corrected chi connectivity index (χ1v) is 6.13. The van der Waals surface area contributed by atoms with Crippen LogP contribution < -0.4 is 5.73 Å². The summed E-state index contributed by atoms with van der Waals surface area (Å²) in [5.74, 6) is 1.60. The van der Waals surface area contributed by atoms with Gasteiger partial charge in [0.15, 0.2) is 0 Å². The third-order valence-electron chi connectivity index (χ3n) is 3.63. The van der Waals surface area contributed by atoms with Crippen LogP contribution in [0.4, 0.5) is 0 Å². The average Bonchev–Trinajstić information content (AvgIpc) is 2.23. The molecular formula is C12H25NO2. The van der Waals surface area contributed by atoms with Crippen molar-refractivity contribution in [2.75, 3.05) is 13.2 Å². The van der Waals surface area contributed by atoms with Crippen LogP contribution in [0.2, 0.25) is 0 Å². The Bertz CT molecular complexity index is 175. The van der Waals surface area contributed by atoms with Gasteiger partial charge in [0.1, 0.15) is 0 Å². The van der Waals surface area contributed by atoms with Crippen LogP contribution >= 0.6 is 0 Å². The second-order valence-corrected chi connectivity index (χ2v) is 4.94. The summed E-state index contributed by atoms with van der Waals surface area (Å²) in [6.45, 7) is 5.60. The zero-order valence-corrected chi connectivity index (χ0v) is 9.98. The van der Waals surface area contributed by atoms with E-state index in [2.05, 4.69) is 13.8 Å². The van der Waals surface area contributed by atoms with E-state index in [1.165, 1.54) is 19.3 Å². The van der Waals surface area contributed by atoms with Gasteiger partial charge in [-0.3, -0.25) is 0 Å². The maximum Gasteiger partial charge on any atom is 0.0684 e. The lowest BCUT2D eigenvalue weighted by Crippen LogP contribution is -2.28. The first-order chi connectivity index (χ1) is 7.13. The fraction of sp³-hybridized carbons (Fsp3) is 1.00. The minimum Gasteiger partial charge on any atom is -0.392 e. The van der Waals surface area contributed by atoms with Crippen molar-refractivity contribution in [3.8, 4) is 0 Å². The van der Waals surface area contributed by atoms with Crippen LogP contribution in [0.15, 0.2) is 0 Å². The number of aliphatic hydroxyl groups excluding tert-OH is 1. The maximum atomic E-state index is 9.28. The van der Waals surface area contributed by atoms with E-state index in [9.17, 15) is 5.11 Å². The van der Waals surface area contributed by atoms with Crippen molar-refractivity contribution < 1.29 is 9.84 Å². The zero-order valence-electron chi connectivity index (χ0n) is 9.98. The molecule has 1 aliphatic rings. The van der Waals surface area contributed by atoms with E-state index in [-0.39, 0.29) is 0 Å². The molecule has 0 aromatic rings. The molecule has 0 saturated heterocycles. The molecule has 0 heterocycles. The van der Waals surface area contributed by atoms with Crippen molar-refractivity contribution in [3.05, 3.63) is 0 Å². The molecule has 0 aromatic carbocycles. The summed E-state index contributed by atoms with van der Waals surface area (Å²) in [4.78, 5) is 0. The van der Waals surface area contributed by atoms with E-state index in [4.69, 9.17) is 10.5 Å². The molecule has 0 spiro atoms. The quantitative estimate of drug-likeness (QED) is 0.731. The Morgan fingerprint density at radius 3 is 2.67 bits per heavy atom. The Labute approximate surface area is 93.0 Å². The van der Waals surface area contributed by atoms with Crippen molar-refractivity contribution in [2.24, 2.45) is 17.6 Å². The van der Waals surface area contributed by atoms with Gasteiger partial charge < -0.3 is 15.6 Å². The van der Waals surface area contributed by atoms with Crippen LogP contribution in [-0.2, 0) is 4.74 Å². The van der Waals surface area contributed by atoms with Gasteiger partial charge in [0.25, 0.3) is 0 Å². The van der Waals surface area contributed by atoms with Crippen molar-refractivity contribution in [1.82, 2.24) is 0 Å². The fourth-order valence-corrected chi connectivity index (χ4v) is 2.14. The monoisotopic (exact) mass is 215 g/mol. The molecule has 15 heavy (non-hydrogen) atoms. The van der Waals surface area contributed by atoms with Crippen molar-refractivity contribution in [2.45, 2.75) is 51.7 Å². The Kier molecular flexibility index (Phi) is 5.58. The summed E-state index contributed by atoms with van der Waals surface area (Å²) < 4.78 is 5.76. The van der Waals surface area contributed by atoms with Crippen molar-refractivity contribution >= 4 is 0 Å². The molecule has 3 heteroatoms. The highest BCUT2D eigenvalue weighted by Crippen LogP contribution is 2.30. The molecule has 4 atom stereocenters. The first kappa shape index (κ1) is 12.9. The normalized spacial score (nSPS) is 34.0. The van der Waals surface area contributed by atoms with Crippen LogP contribution in [0, 0.1) is 11.8 Å². The number of nitrogens with two attached hydrogens (primary N) is 1. The van der Waals surface area contributed by atoms with Crippen LogP contribution in [0.3, 0.4) is 0 Å². The minimum absolute atomic E-state index is 0.335. The highest BCUT2D eigenvalue weighted by molar-refractivity contribution is 4.75. The predicted octanol–water partition coefficient (Wildman–Crippen LogP) is 1.54. The largest absolute Gasteiger partial charge is 0.392 e. The fourth-order valence-electron chi connectivity index (χ4n) is 2.14. The van der Waals surface area contributed by atoms with E-state index in [0.717, 1.165) is 11.8 Å². The summed E-state index contributed by atoms with van der Waals surface area (Å²) in [5, 5.41) is 9.28. The second kappa shape index (κ2) is 6.46. The van der Waals surface area contributed by atoms with Gasteiger partial charge in [-0.1, -0.05) is 13.8 Å². The second-order valence-electron chi connectivity index (χ2n) is 4.94. The summed E-state index contributed by atoms with van der Waals surface area (Å²) in [5.41, 5.74) is 5.33. The minimum atomic E-state index is -0.398. The molecule has 90 valence electrons. The predicted molar refractivity (Wildman–Crippen MR) is 61.6 cm³/mol. The number of ether oxygens (including phenoxy) is 1. The third-order valence-corrected chi connectivity index (χ3v) is 3.63. The number of aliphatic hydroxyl groups is 1. The van der Waals surface area contributed by atoms with Gasteiger partial charge in [0, 0.05) is 13.2 Å². The molecule has 0 bridgehead atoms. The van der Waals surface area contributed by atoms with Gasteiger partial charge in [-0.25, -0.2) is 0 Å². The molecule has 4 unspecified atom stereocenters. The molecule has 1 rings (SSSR count). The Hall–Kier alpha value is -0.120. The van der Waals surface area contributed by atoms with Crippen LogP contribution in [0.25, 0.3) is 0 Å². The molecule has 1 aliphatic carbocycles. The lowest BCUT2D eigenvalue weighted by molar-refractivity contribution is -0.0103. The van der Waals surface area contributed by atoms with Crippen molar-refractivity contribution in [1.29, 1.82) is 0 Å². The van der Waals surface area contributed by atoms with Crippen LogP contribution in [0.5, 0.6) is 0 Å². The molecule has 3 N–H and O–H groups in total. The van der Waals surface area contributed by atoms with Crippen LogP contribution in [0.1, 0.15) is 39.5 Å². The zero-order chi connectivity index (χ0) is 11.3. The van der Waals surface area contributed by atoms with E-state index in [0.29, 0.717) is 25.7 Å². The Balaban J connectivity index is 2.12. The first-order valence-electron chi connectivity index (χ1n) is 6.13. The molecule has 3 nitrogen and oxygen atoms in total. The van der Waals surface area contributed by atoms with E-state index in [1.54, 1.807) is 0 Å². The Morgan fingerprint density at radius 2 is 2.07 bits per heavy atom. The van der Waals surface area contributed by atoms with Gasteiger partial charge in [-0.2, -0.15) is 0 Å². The smallest absolute Gasteiger partial charge is 0.0684 e. The summed E-state index contributed by atoms with van der Waals surface area (Å²) in [6.07, 6.45) is 4.28.